The summed E-state index contributed by atoms with van der Waals surface area (Å²) in [5, 5.41) is 3.69. The zero-order chi connectivity index (χ0) is 7.52. The maximum atomic E-state index is 5.05. The Hall–Kier alpha value is -0.790. The van der Waals surface area contributed by atoms with E-state index in [1.807, 2.05) is 6.07 Å². The number of rotatable bonds is 2. The summed E-state index contributed by atoms with van der Waals surface area (Å²) in [5.74, 6) is 1.92. The second-order valence-corrected chi connectivity index (χ2v) is 3.33. The van der Waals surface area contributed by atoms with Crippen LogP contribution in [-0.2, 0) is 6.42 Å². The van der Waals surface area contributed by atoms with E-state index in [4.69, 9.17) is 4.52 Å². The van der Waals surface area contributed by atoms with Gasteiger partial charge >= 0.3 is 0 Å². The highest BCUT2D eigenvalue weighted by atomic mass is 16.5. The molecule has 0 saturated heterocycles. The molecule has 11 heavy (non-hydrogen) atoms. The molecule has 0 amide bonds. The molecule has 0 aromatic carbocycles. The molecule has 1 aliphatic rings. The van der Waals surface area contributed by atoms with Crippen LogP contribution < -0.4 is 0 Å². The molecular weight excluding hydrogens is 138 g/mol. The molecule has 0 bridgehead atoms. The first-order valence-electron chi connectivity index (χ1n) is 4.35. The molecule has 0 spiro atoms. The van der Waals surface area contributed by atoms with Crippen molar-refractivity contribution in [1.29, 1.82) is 0 Å². The molecule has 0 radical (unpaired) electrons. The van der Waals surface area contributed by atoms with Crippen LogP contribution in [0.2, 0.25) is 0 Å². The summed E-state index contributed by atoms with van der Waals surface area (Å²) in [7, 11) is 0. The lowest BCUT2D eigenvalue weighted by Gasteiger charge is -2.03. The molecule has 0 N–H and O–H groups in total. The van der Waals surface area contributed by atoms with Crippen LogP contribution in [-0.4, -0.2) is 5.16 Å². The van der Waals surface area contributed by atoms with Gasteiger partial charge in [0.15, 0.2) is 0 Å². The quantitative estimate of drug-likeness (QED) is 0.648. The van der Waals surface area contributed by atoms with Crippen LogP contribution in [0.4, 0.5) is 0 Å². The Labute approximate surface area is 66.6 Å². The summed E-state index contributed by atoms with van der Waals surface area (Å²) in [6.45, 7) is 0. The third-order valence-corrected chi connectivity index (χ3v) is 2.46. The van der Waals surface area contributed by atoms with Gasteiger partial charge in [-0.25, -0.2) is 0 Å². The molecule has 0 atom stereocenters. The van der Waals surface area contributed by atoms with E-state index in [0.717, 1.165) is 18.1 Å². The van der Waals surface area contributed by atoms with Gasteiger partial charge in [0.2, 0.25) is 0 Å². The average molecular weight is 151 g/mol. The molecule has 0 unspecified atom stereocenters. The summed E-state index contributed by atoms with van der Waals surface area (Å²) in [4.78, 5) is 0. The lowest BCUT2D eigenvalue weighted by Crippen LogP contribution is -1.96. The summed E-state index contributed by atoms with van der Waals surface area (Å²) < 4.78 is 5.05. The Kier molecular flexibility index (Phi) is 1.93. The van der Waals surface area contributed by atoms with Crippen molar-refractivity contribution in [3.63, 3.8) is 0 Å². The highest BCUT2D eigenvalue weighted by molar-refractivity contribution is 4.95. The van der Waals surface area contributed by atoms with Crippen LogP contribution >= 0.6 is 0 Å². The third-order valence-electron chi connectivity index (χ3n) is 2.46. The zero-order valence-electron chi connectivity index (χ0n) is 6.62. The van der Waals surface area contributed by atoms with Gasteiger partial charge in [-0.15, -0.1) is 0 Å². The van der Waals surface area contributed by atoms with E-state index in [-0.39, 0.29) is 0 Å². The van der Waals surface area contributed by atoms with Gasteiger partial charge in [-0.1, -0.05) is 30.8 Å². The van der Waals surface area contributed by atoms with Crippen LogP contribution in [0.25, 0.3) is 0 Å². The molecular formula is C9H13NO. The summed E-state index contributed by atoms with van der Waals surface area (Å²) >= 11 is 0. The normalized spacial score (nSPS) is 19.3. The van der Waals surface area contributed by atoms with E-state index >= 15 is 0 Å². The van der Waals surface area contributed by atoms with E-state index in [0.29, 0.717) is 0 Å². The summed E-state index contributed by atoms with van der Waals surface area (Å²) in [6.07, 6.45) is 8.38. The standard InChI is InChI=1S/C9H13NO/c1-2-4-8(3-1)7-9-5-6-10-11-9/h5-6,8H,1-4,7H2. The van der Waals surface area contributed by atoms with Crippen molar-refractivity contribution in [2.45, 2.75) is 32.1 Å². The van der Waals surface area contributed by atoms with Crippen LogP contribution in [0.3, 0.4) is 0 Å². The maximum Gasteiger partial charge on any atom is 0.136 e. The van der Waals surface area contributed by atoms with E-state index in [2.05, 4.69) is 5.16 Å². The van der Waals surface area contributed by atoms with Gasteiger partial charge in [0.05, 0.1) is 6.20 Å². The Morgan fingerprint density at radius 3 is 2.91 bits per heavy atom. The van der Waals surface area contributed by atoms with Crippen LogP contribution in [0.1, 0.15) is 31.4 Å². The topological polar surface area (TPSA) is 26.0 Å². The first kappa shape index (κ1) is 6.89. The molecule has 2 heteroatoms. The van der Waals surface area contributed by atoms with E-state index in [1.165, 1.54) is 25.7 Å². The van der Waals surface area contributed by atoms with E-state index in [9.17, 15) is 0 Å². The van der Waals surface area contributed by atoms with E-state index in [1.54, 1.807) is 6.20 Å². The molecule has 1 fully saturated rings. The Balaban J connectivity index is 1.90. The average Bonchev–Trinajstić information content (AvgIpc) is 2.60. The van der Waals surface area contributed by atoms with Gasteiger partial charge in [-0.2, -0.15) is 0 Å². The predicted octanol–water partition coefficient (Wildman–Crippen LogP) is 2.41. The summed E-state index contributed by atoms with van der Waals surface area (Å²) in [5.41, 5.74) is 0. The Bertz CT molecular complexity index is 199. The van der Waals surface area contributed by atoms with Crippen molar-refractivity contribution in [2.75, 3.05) is 0 Å². The molecule has 0 aliphatic heterocycles. The Morgan fingerprint density at radius 1 is 1.45 bits per heavy atom. The van der Waals surface area contributed by atoms with Crippen molar-refractivity contribution < 1.29 is 4.52 Å². The minimum atomic E-state index is 0.864. The fourth-order valence-corrected chi connectivity index (χ4v) is 1.85. The monoisotopic (exact) mass is 151 g/mol. The first-order chi connectivity index (χ1) is 5.45. The van der Waals surface area contributed by atoms with Gasteiger partial charge in [-0.05, 0) is 5.92 Å². The lowest BCUT2D eigenvalue weighted by atomic mass is 10.0. The number of nitrogens with zero attached hydrogens (tertiary/aromatic N) is 1. The fraction of sp³-hybridized carbons (Fsp3) is 0.667. The molecule has 1 aromatic rings. The van der Waals surface area contributed by atoms with Gasteiger partial charge < -0.3 is 4.52 Å². The SMILES string of the molecule is c1cc(CC2CCCC2)on1. The van der Waals surface area contributed by atoms with Gasteiger partial charge in [0, 0.05) is 12.5 Å². The minimum absolute atomic E-state index is 0.864. The van der Waals surface area contributed by atoms with Crippen LogP contribution in [0.5, 0.6) is 0 Å². The highest BCUT2D eigenvalue weighted by Gasteiger charge is 2.16. The van der Waals surface area contributed by atoms with Crippen LogP contribution in [0, 0.1) is 5.92 Å². The Morgan fingerprint density at radius 2 is 2.27 bits per heavy atom. The van der Waals surface area contributed by atoms with Gasteiger partial charge in [-0.3, -0.25) is 0 Å². The maximum absolute atomic E-state index is 5.05. The van der Waals surface area contributed by atoms with Crippen molar-refractivity contribution >= 4 is 0 Å². The van der Waals surface area contributed by atoms with Gasteiger partial charge in [0.25, 0.3) is 0 Å². The van der Waals surface area contributed by atoms with Crippen molar-refractivity contribution in [1.82, 2.24) is 5.16 Å². The zero-order valence-corrected chi connectivity index (χ0v) is 6.62. The molecule has 1 aliphatic carbocycles. The van der Waals surface area contributed by atoms with Crippen molar-refractivity contribution in [3.8, 4) is 0 Å². The van der Waals surface area contributed by atoms with Crippen molar-refractivity contribution in [3.05, 3.63) is 18.0 Å². The molecule has 2 nitrogen and oxygen atoms in total. The number of hydrogen-bond acceptors (Lipinski definition) is 2. The molecule has 1 aromatic heterocycles. The molecule has 1 heterocycles. The van der Waals surface area contributed by atoms with Gasteiger partial charge in [0.1, 0.15) is 5.76 Å². The van der Waals surface area contributed by atoms with Crippen molar-refractivity contribution in [2.24, 2.45) is 5.92 Å². The largest absolute Gasteiger partial charge is 0.361 e. The predicted molar refractivity (Wildman–Crippen MR) is 42.2 cm³/mol. The molecule has 2 rings (SSSR count). The molecule has 60 valence electrons. The van der Waals surface area contributed by atoms with E-state index < -0.39 is 0 Å². The second kappa shape index (κ2) is 3.07. The number of hydrogen-bond donors (Lipinski definition) is 0. The first-order valence-corrected chi connectivity index (χ1v) is 4.35. The fourth-order valence-electron chi connectivity index (χ4n) is 1.85. The smallest absolute Gasteiger partial charge is 0.136 e. The highest BCUT2D eigenvalue weighted by Crippen LogP contribution is 2.27. The summed E-state index contributed by atoms with van der Waals surface area (Å²) in [6, 6.07) is 1.97. The molecule has 1 saturated carbocycles. The number of aromatic nitrogens is 1. The second-order valence-electron chi connectivity index (χ2n) is 3.33. The third kappa shape index (κ3) is 1.62. The van der Waals surface area contributed by atoms with Crippen LogP contribution in [0.15, 0.2) is 16.8 Å². The lowest BCUT2D eigenvalue weighted by molar-refractivity contribution is 0.359. The minimum Gasteiger partial charge on any atom is -0.361 e.